The van der Waals surface area contributed by atoms with Gasteiger partial charge in [-0.3, -0.25) is 4.79 Å². The highest BCUT2D eigenvalue weighted by molar-refractivity contribution is 5.81. The van der Waals surface area contributed by atoms with Crippen LogP contribution in [0.25, 0.3) is 0 Å². The summed E-state index contributed by atoms with van der Waals surface area (Å²) in [5.41, 5.74) is 0. The van der Waals surface area contributed by atoms with Crippen LogP contribution >= 0.6 is 0 Å². The number of nitrogens with one attached hydrogen (secondary N) is 1. The third kappa shape index (κ3) is 5.30. The van der Waals surface area contributed by atoms with E-state index in [9.17, 15) is 9.90 Å². The van der Waals surface area contributed by atoms with Crippen molar-refractivity contribution in [3.8, 4) is 0 Å². The molecular weight excluding hydrogens is 236 g/mol. The zero-order chi connectivity index (χ0) is 13.4. The molecule has 1 aliphatic heterocycles. The quantitative estimate of drug-likeness (QED) is 0.628. The van der Waals surface area contributed by atoms with Gasteiger partial charge in [0.05, 0.1) is 32.0 Å². The van der Waals surface area contributed by atoms with Gasteiger partial charge in [-0.2, -0.15) is 0 Å². The Morgan fingerprint density at radius 2 is 2.17 bits per heavy atom. The van der Waals surface area contributed by atoms with Gasteiger partial charge in [-0.25, -0.2) is 0 Å². The molecule has 2 N–H and O–H groups in total. The standard InChI is InChI=1S/C12H24N2O4/c1-3-17-9-11(15)8-13-10(2)12(16)14-4-6-18-7-5-14/h10-11,13,15H,3-9H2,1-2H3. The summed E-state index contributed by atoms with van der Waals surface area (Å²) in [7, 11) is 0. The van der Waals surface area contributed by atoms with E-state index in [2.05, 4.69) is 5.32 Å². The lowest BCUT2D eigenvalue weighted by Crippen LogP contribution is -2.50. The van der Waals surface area contributed by atoms with Gasteiger partial charge < -0.3 is 24.8 Å². The highest BCUT2D eigenvalue weighted by Gasteiger charge is 2.22. The Kier molecular flexibility index (Phi) is 7.19. The molecule has 1 fully saturated rings. The molecule has 0 radical (unpaired) electrons. The van der Waals surface area contributed by atoms with Gasteiger partial charge in [0.25, 0.3) is 0 Å². The maximum absolute atomic E-state index is 12.0. The zero-order valence-corrected chi connectivity index (χ0v) is 11.2. The monoisotopic (exact) mass is 260 g/mol. The average molecular weight is 260 g/mol. The van der Waals surface area contributed by atoms with Gasteiger partial charge in [0, 0.05) is 26.2 Å². The minimum Gasteiger partial charge on any atom is -0.389 e. The number of amides is 1. The number of carbonyl (C=O) groups is 1. The number of hydrogen-bond acceptors (Lipinski definition) is 5. The molecule has 0 aliphatic carbocycles. The molecule has 1 saturated heterocycles. The van der Waals surface area contributed by atoms with Crippen LogP contribution < -0.4 is 5.32 Å². The first-order valence-corrected chi connectivity index (χ1v) is 6.50. The Hall–Kier alpha value is -0.690. The SMILES string of the molecule is CCOCC(O)CNC(C)C(=O)N1CCOCC1. The summed E-state index contributed by atoms with van der Waals surface area (Å²) in [6.07, 6.45) is -0.579. The molecule has 18 heavy (non-hydrogen) atoms. The molecular formula is C12H24N2O4. The summed E-state index contributed by atoms with van der Waals surface area (Å²) < 4.78 is 10.3. The van der Waals surface area contributed by atoms with Crippen LogP contribution in [0.3, 0.4) is 0 Å². The van der Waals surface area contributed by atoms with E-state index >= 15 is 0 Å². The van der Waals surface area contributed by atoms with Crippen molar-refractivity contribution in [3.63, 3.8) is 0 Å². The molecule has 0 aromatic heterocycles. The van der Waals surface area contributed by atoms with Crippen LogP contribution in [-0.2, 0) is 14.3 Å². The second-order valence-electron chi connectivity index (χ2n) is 4.38. The molecule has 0 aromatic rings. The summed E-state index contributed by atoms with van der Waals surface area (Å²) in [6, 6.07) is -0.292. The van der Waals surface area contributed by atoms with Gasteiger partial charge in [0.2, 0.25) is 5.91 Å². The van der Waals surface area contributed by atoms with E-state index in [-0.39, 0.29) is 11.9 Å². The van der Waals surface area contributed by atoms with Gasteiger partial charge in [0.15, 0.2) is 0 Å². The predicted molar refractivity (Wildman–Crippen MR) is 67.4 cm³/mol. The maximum Gasteiger partial charge on any atom is 0.239 e. The van der Waals surface area contributed by atoms with Crippen molar-refractivity contribution in [2.75, 3.05) is 46.1 Å². The molecule has 1 heterocycles. The minimum atomic E-state index is -0.579. The van der Waals surface area contributed by atoms with E-state index in [4.69, 9.17) is 9.47 Å². The molecule has 0 aromatic carbocycles. The van der Waals surface area contributed by atoms with Crippen molar-refractivity contribution in [1.29, 1.82) is 0 Å². The Bertz CT molecular complexity index is 244. The van der Waals surface area contributed by atoms with Crippen LogP contribution in [0.2, 0.25) is 0 Å². The van der Waals surface area contributed by atoms with Gasteiger partial charge in [0.1, 0.15) is 0 Å². The molecule has 6 heteroatoms. The highest BCUT2D eigenvalue weighted by Crippen LogP contribution is 2.00. The maximum atomic E-state index is 12.0. The lowest BCUT2D eigenvalue weighted by Gasteiger charge is -2.29. The molecule has 1 aliphatic rings. The van der Waals surface area contributed by atoms with Crippen LogP contribution in [0, 0.1) is 0 Å². The molecule has 0 saturated carbocycles. The van der Waals surface area contributed by atoms with Gasteiger partial charge >= 0.3 is 0 Å². The summed E-state index contributed by atoms with van der Waals surface area (Å²) in [5.74, 6) is 0.0573. The van der Waals surface area contributed by atoms with Crippen molar-refractivity contribution < 1.29 is 19.4 Å². The summed E-state index contributed by atoms with van der Waals surface area (Å²) in [5, 5.41) is 12.6. The number of hydrogen-bond donors (Lipinski definition) is 2. The number of aliphatic hydroxyl groups excluding tert-OH is 1. The molecule has 0 spiro atoms. The average Bonchev–Trinajstić information content (AvgIpc) is 2.42. The first-order valence-electron chi connectivity index (χ1n) is 6.50. The van der Waals surface area contributed by atoms with Crippen LogP contribution in [0.5, 0.6) is 0 Å². The number of aliphatic hydroxyl groups is 1. The van der Waals surface area contributed by atoms with Crippen molar-refractivity contribution in [2.24, 2.45) is 0 Å². The lowest BCUT2D eigenvalue weighted by molar-refractivity contribution is -0.137. The topological polar surface area (TPSA) is 71.0 Å². The second-order valence-corrected chi connectivity index (χ2v) is 4.38. The fraction of sp³-hybridized carbons (Fsp3) is 0.917. The third-order valence-electron chi connectivity index (χ3n) is 2.87. The van der Waals surface area contributed by atoms with E-state index < -0.39 is 6.10 Å². The van der Waals surface area contributed by atoms with E-state index in [0.29, 0.717) is 46.1 Å². The number of rotatable bonds is 7. The number of carbonyl (C=O) groups excluding carboxylic acids is 1. The van der Waals surface area contributed by atoms with Crippen LogP contribution in [0.1, 0.15) is 13.8 Å². The number of nitrogens with zero attached hydrogens (tertiary/aromatic N) is 1. The van der Waals surface area contributed by atoms with Crippen molar-refractivity contribution in [2.45, 2.75) is 26.0 Å². The summed E-state index contributed by atoms with van der Waals surface area (Å²) >= 11 is 0. The first-order chi connectivity index (χ1) is 8.65. The third-order valence-corrected chi connectivity index (χ3v) is 2.87. The zero-order valence-electron chi connectivity index (χ0n) is 11.2. The van der Waals surface area contributed by atoms with Gasteiger partial charge in [-0.05, 0) is 13.8 Å². The molecule has 0 bridgehead atoms. The fourth-order valence-electron chi connectivity index (χ4n) is 1.77. The Balaban J connectivity index is 2.22. The molecule has 1 amide bonds. The molecule has 106 valence electrons. The highest BCUT2D eigenvalue weighted by atomic mass is 16.5. The van der Waals surface area contributed by atoms with Crippen molar-refractivity contribution in [1.82, 2.24) is 10.2 Å². The van der Waals surface area contributed by atoms with E-state index in [1.54, 1.807) is 4.90 Å². The van der Waals surface area contributed by atoms with Crippen LogP contribution in [0.4, 0.5) is 0 Å². The fourth-order valence-corrected chi connectivity index (χ4v) is 1.77. The van der Waals surface area contributed by atoms with Crippen molar-refractivity contribution >= 4 is 5.91 Å². The smallest absolute Gasteiger partial charge is 0.239 e. The minimum absolute atomic E-state index is 0.0573. The normalized spacial score (nSPS) is 19.6. The molecule has 2 unspecified atom stereocenters. The van der Waals surface area contributed by atoms with Gasteiger partial charge in [-0.1, -0.05) is 0 Å². The number of ether oxygens (including phenoxy) is 2. The second kappa shape index (κ2) is 8.42. The van der Waals surface area contributed by atoms with E-state index in [1.807, 2.05) is 13.8 Å². The lowest BCUT2D eigenvalue weighted by atomic mass is 10.2. The van der Waals surface area contributed by atoms with Crippen molar-refractivity contribution in [3.05, 3.63) is 0 Å². The van der Waals surface area contributed by atoms with Crippen LogP contribution in [0.15, 0.2) is 0 Å². The van der Waals surface area contributed by atoms with Gasteiger partial charge in [-0.15, -0.1) is 0 Å². The first kappa shape index (κ1) is 15.4. The van der Waals surface area contributed by atoms with Crippen LogP contribution in [-0.4, -0.2) is 74.1 Å². The Morgan fingerprint density at radius 3 is 2.78 bits per heavy atom. The molecule has 1 rings (SSSR count). The summed E-state index contributed by atoms with van der Waals surface area (Å²) in [6.45, 7) is 7.42. The Labute approximate surface area is 108 Å². The molecule has 2 atom stereocenters. The van der Waals surface area contributed by atoms with E-state index in [1.165, 1.54) is 0 Å². The Morgan fingerprint density at radius 1 is 1.50 bits per heavy atom. The van der Waals surface area contributed by atoms with E-state index in [0.717, 1.165) is 0 Å². The predicted octanol–water partition coefficient (Wildman–Crippen LogP) is -0.779. The molecule has 6 nitrogen and oxygen atoms in total. The number of morpholine rings is 1. The summed E-state index contributed by atoms with van der Waals surface area (Å²) in [4.78, 5) is 13.8. The largest absolute Gasteiger partial charge is 0.389 e.